The molecule has 0 spiro atoms. The van der Waals surface area contributed by atoms with E-state index < -0.39 is 0 Å². The van der Waals surface area contributed by atoms with Crippen LogP contribution in [0.15, 0.2) is 12.1 Å². The summed E-state index contributed by atoms with van der Waals surface area (Å²) < 4.78 is 13.3. The Balaban J connectivity index is 3.03. The second-order valence-electron chi connectivity index (χ2n) is 3.61. The lowest BCUT2D eigenvalue weighted by molar-refractivity contribution is -0.115. The second-order valence-corrected chi connectivity index (χ2v) is 4.02. The zero-order valence-corrected chi connectivity index (χ0v) is 9.73. The fourth-order valence-electron chi connectivity index (χ4n) is 1.35. The van der Waals surface area contributed by atoms with Crippen LogP contribution in [0.25, 0.3) is 0 Å². The van der Waals surface area contributed by atoms with Crippen LogP contribution < -0.4 is 4.90 Å². The average Bonchev–Trinajstić information content (AvgIpc) is 2.09. The van der Waals surface area contributed by atoms with Crippen LogP contribution in [0.4, 0.5) is 10.1 Å². The van der Waals surface area contributed by atoms with Crippen LogP contribution in [-0.4, -0.2) is 19.4 Å². The third-order valence-corrected chi connectivity index (χ3v) is 2.40. The van der Waals surface area contributed by atoms with Crippen LogP contribution in [0.5, 0.6) is 0 Å². The smallest absolute Gasteiger partial charge is 0.149 e. The molecule has 0 bridgehead atoms. The molecular formula is C11H13ClFNO. The van der Waals surface area contributed by atoms with Gasteiger partial charge in [0.15, 0.2) is 0 Å². The molecule has 0 fully saturated rings. The van der Waals surface area contributed by atoms with Crippen molar-refractivity contribution >= 4 is 23.1 Å². The van der Waals surface area contributed by atoms with E-state index in [4.69, 9.17) is 11.6 Å². The molecule has 0 radical (unpaired) electrons. The van der Waals surface area contributed by atoms with Crippen molar-refractivity contribution in [2.75, 3.05) is 18.5 Å². The molecule has 1 rings (SSSR count). The maximum atomic E-state index is 13.3. The van der Waals surface area contributed by atoms with Gasteiger partial charge in [-0.2, -0.15) is 0 Å². The summed E-state index contributed by atoms with van der Waals surface area (Å²) in [5.41, 5.74) is 1.04. The molecule has 2 nitrogen and oxygen atoms in total. The van der Waals surface area contributed by atoms with Crippen LogP contribution in [0.1, 0.15) is 12.5 Å². The summed E-state index contributed by atoms with van der Waals surface area (Å²) in [5.74, 6) is -0.306. The highest BCUT2D eigenvalue weighted by Gasteiger charge is 2.10. The van der Waals surface area contributed by atoms with Crippen molar-refractivity contribution in [3.8, 4) is 0 Å². The number of carbonyl (C=O) groups is 1. The van der Waals surface area contributed by atoms with E-state index >= 15 is 0 Å². The van der Waals surface area contributed by atoms with Gasteiger partial charge in [-0.15, -0.1) is 0 Å². The van der Waals surface area contributed by atoms with Gasteiger partial charge in [0.25, 0.3) is 0 Å². The fourth-order valence-corrected chi connectivity index (χ4v) is 1.71. The molecule has 0 N–H and O–H groups in total. The zero-order chi connectivity index (χ0) is 11.6. The molecule has 0 amide bonds. The van der Waals surface area contributed by atoms with Crippen molar-refractivity contribution in [2.45, 2.75) is 13.8 Å². The van der Waals surface area contributed by atoms with Crippen molar-refractivity contribution in [3.63, 3.8) is 0 Å². The molecule has 0 atom stereocenters. The van der Waals surface area contributed by atoms with Gasteiger partial charge in [0.1, 0.15) is 11.6 Å². The van der Waals surface area contributed by atoms with E-state index in [-0.39, 0.29) is 18.1 Å². The number of aryl methyl sites for hydroxylation is 1. The maximum absolute atomic E-state index is 13.3. The summed E-state index contributed by atoms with van der Waals surface area (Å²) in [6, 6.07) is 2.91. The van der Waals surface area contributed by atoms with E-state index in [9.17, 15) is 9.18 Å². The zero-order valence-electron chi connectivity index (χ0n) is 8.97. The van der Waals surface area contributed by atoms with Gasteiger partial charge in [-0.1, -0.05) is 11.6 Å². The van der Waals surface area contributed by atoms with Gasteiger partial charge >= 0.3 is 0 Å². The lowest BCUT2D eigenvalue weighted by Gasteiger charge is -2.19. The summed E-state index contributed by atoms with van der Waals surface area (Å²) in [5, 5.41) is 0.456. The van der Waals surface area contributed by atoms with Gasteiger partial charge in [0.2, 0.25) is 0 Å². The van der Waals surface area contributed by atoms with Crippen LogP contribution in [-0.2, 0) is 4.79 Å². The van der Waals surface area contributed by atoms with Crippen molar-refractivity contribution in [3.05, 3.63) is 28.5 Å². The lowest BCUT2D eigenvalue weighted by Crippen LogP contribution is -2.24. The van der Waals surface area contributed by atoms with E-state index in [1.165, 1.54) is 13.0 Å². The van der Waals surface area contributed by atoms with Crippen molar-refractivity contribution < 1.29 is 9.18 Å². The highest BCUT2D eigenvalue weighted by atomic mass is 35.5. The van der Waals surface area contributed by atoms with Gasteiger partial charge in [-0.3, -0.25) is 4.79 Å². The molecule has 15 heavy (non-hydrogen) atoms. The van der Waals surface area contributed by atoms with Crippen molar-refractivity contribution in [1.29, 1.82) is 0 Å². The Hall–Kier alpha value is -1.09. The minimum atomic E-state index is -0.315. The third-order valence-electron chi connectivity index (χ3n) is 2.10. The lowest BCUT2D eigenvalue weighted by atomic mass is 10.2. The summed E-state index contributed by atoms with van der Waals surface area (Å²) in [6.45, 7) is 3.35. The SMILES string of the molecule is CC(=O)CN(C)c1cc(F)c(C)cc1Cl. The van der Waals surface area contributed by atoms with Crippen LogP contribution >= 0.6 is 11.6 Å². The first-order chi connectivity index (χ1) is 6.91. The number of nitrogens with zero attached hydrogens (tertiary/aromatic N) is 1. The minimum Gasteiger partial charge on any atom is -0.366 e. The van der Waals surface area contributed by atoms with E-state index in [0.717, 1.165) is 0 Å². The summed E-state index contributed by atoms with van der Waals surface area (Å²) in [7, 11) is 1.71. The molecule has 0 aliphatic carbocycles. The number of anilines is 1. The number of halogens is 2. The number of ketones is 1. The normalized spacial score (nSPS) is 10.2. The van der Waals surface area contributed by atoms with Gasteiger partial charge in [0.05, 0.1) is 17.3 Å². The van der Waals surface area contributed by atoms with Gasteiger partial charge < -0.3 is 4.90 Å². The van der Waals surface area contributed by atoms with Crippen LogP contribution in [0.2, 0.25) is 5.02 Å². The molecule has 0 aliphatic heterocycles. The van der Waals surface area contributed by atoms with E-state index in [2.05, 4.69) is 0 Å². The quantitative estimate of drug-likeness (QED) is 0.795. The minimum absolute atomic E-state index is 0.00884. The first kappa shape index (κ1) is 12.0. The Bertz CT molecular complexity index is 392. The standard InChI is InChI=1S/C11H13ClFNO/c1-7-4-9(12)11(5-10(7)13)14(3)6-8(2)15/h4-5H,6H2,1-3H3. The third kappa shape index (κ3) is 2.93. The van der Waals surface area contributed by atoms with Gasteiger partial charge in [-0.05, 0) is 31.5 Å². The predicted octanol–water partition coefficient (Wildman–Crippen LogP) is 2.81. The van der Waals surface area contributed by atoms with Crippen LogP contribution in [0.3, 0.4) is 0 Å². The fraction of sp³-hybridized carbons (Fsp3) is 0.364. The molecule has 1 aromatic rings. The van der Waals surface area contributed by atoms with Crippen molar-refractivity contribution in [1.82, 2.24) is 0 Å². The average molecular weight is 230 g/mol. The number of likely N-dealkylation sites (N-methyl/N-ethyl adjacent to an activating group) is 1. The Morgan fingerprint density at radius 2 is 2.13 bits per heavy atom. The largest absolute Gasteiger partial charge is 0.366 e. The molecule has 4 heteroatoms. The number of carbonyl (C=O) groups excluding carboxylic acids is 1. The summed E-state index contributed by atoms with van der Waals surface area (Å²) in [4.78, 5) is 12.5. The van der Waals surface area contributed by atoms with E-state index in [0.29, 0.717) is 16.3 Å². The number of benzene rings is 1. The number of hydrogen-bond acceptors (Lipinski definition) is 2. The molecule has 0 heterocycles. The number of Topliss-reactive ketones (excluding diaryl/α,β-unsaturated/α-hetero) is 1. The monoisotopic (exact) mass is 229 g/mol. The Labute approximate surface area is 93.6 Å². The number of rotatable bonds is 3. The van der Waals surface area contributed by atoms with E-state index in [1.807, 2.05) is 0 Å². The molecule has 0 aromatic heterocycles. The molecular weight excluding hydrogens is 217 g/mol. The summed E-state index contributed by atoms with van der Waals surface area (Å²) >= 11 is 5.96. The summed E-state index contributed by atoms with van der Waals surface area (Å²) in [6.07, 6.45) is 0. The molecule has 0 aliphatic rings. The molecule has 0 unspecified atom stereocenters. The molecule has 1 aromatic carbocycles. The van der Waals surface area contributed by atoms with Crippen molar-refractivity contribution in [2.24, 2.45) is 0 Å². The highest BCUT2D eigenvalue weighted by Crippen LogP contribution is 2.27. The first-order valence-electron chi connectivity index (χ1n) is 4.58. The molecule has 82 valence electrons. The van der Waals surface area contributed by atoms with E-state index in [1.54, 1.807) is 24.9 Å². The van der Waals surface area contributed by atoms with Gasteiger partial charge in [-0.25, -0.2) is 4.39 Å². The Kier molecular flexibility index (Phi) is 3.69. The second kappa shape index (κ2) is 4.62. The first-order valence-corrected chi connectivity index (χ1v) is 4.96. The Morgan fingerprint density at radius 3 is 2.67 bits per heavy atom. The molecule has 0 saturated carbocycles. The molecule has 0 saturated heterocycles. The predicted molar refractivity (Wildman–Crippen MR) is 60.1 cm³/mol. The van der Waals surface area contributed by atoms with Crippen LogP contribution in [0, 0.1) is 12.7 Å². The Morgan fingerprint density at radius 1 is 1.53 bits per heavy atom. The van der Waals surface area contributed by atoms with Gasteiger partial charge in [0, 0.05) is 7.05 Å². The maximum Gasteiger partial charge on any atom is 0.149 e. The highest BCUT2D eigenvalue weighted by molar-refractivity contribution is 6.33. The number of hydrogen-bond donors (Lipinski definition) is 0. The topological polar surface area (TPSA) is 20.3 Å².